The van der Waals surface area contributed by atoms with Gasteiger partial charge in [-0.3, -0.25) is 9.10 Å². The molecule has 0 aliphatic heterocycles. The number of amides is 1. The van der Waals surface area contributed by atoms with Crippen LogP contribution in [0.4, 0.5) is 5.69 Å². The molecule has 3 rings (SSSR count). The van der Waals surface area contributed by atoms with Crippen LogP contribution >= 0.6 is 11.6 Å². The lowest BCUT2D eigenvalue weighted by Gasteiger charge is -2.30. The average molecular weight is 435 g/mol. The molecule has 2 atom stereocenters. The van der Waals surface area contributed by atoms with Gasteiger partial charge in [0, 0.05) is 5.02 Å². The van der Waals surface area contributed by atoms with Crippen molar-refractivity contribution < 1.29 is 13.2 Å². The SMILES string of the molecule is Cc1ccc(Cl)cc1N([C@H](C)C(=O)N[C@@H](C)c1ccc2c(c1)CCC2)S(C)(=O)=O. The number of anilines is 1. The van der Waals surface area contributed by atoms with Crippen LogP contribution in [0.15, 0.2) is 36.4 Å². The van der Waals surface area contributed by atoms with Crippen LogP contribution in [0.2, 0.25) is 5.02 Å². The van der Waals surface area contributed by atoms with E-state index in [1.54, 1.807) is 32.0 Å². The molecule has 7 heteroatoms. The lowest BCUT2D eigenvalue weighted by atomic mass is 10.0. The van der Waals surface area contributed by atoms with Crippen molar-refractivity contribution in [2.75, 3.05) is 10.6 Å². The molecule has 156 valence electrons. The third-order valence-electron chi connectivity index (χ3n) is 5.48. The van der Waals surface area contributed by atoms with E-state index in [1.807, 2.05) is 13.0 Å². The molecule has 0 fully saturated rings. The number of benzene rings is 2. The van der Waals surface area contributed by atoms with Gasteiger partial charge in [0.05, 0.1) is 18.0 Å². The number of fused-ring (bicyclic) bond motifs is 1. The minimum absolute atomic E-state index is 0.224. The summed E-state index contributed by atoms with van der Waals surface area (Å²) in [5.74, 6) is -0.359. The Balaban J connectivity index is 1.83. The van der Waals surface area contributed by atoms with Crippen molar-refractivity contribution in [3.8, 4) is 0 Å². The van der Waals surface area contributed by atoms with Gasteiger partial charge in [0.25, 0.3) is 0 Å². The molecule has 1 aliphatic carbocycles. The fraction of sp³-hybridized carbons (Fsp3) is 0.409. The largest absolute Gasteiger partial charge is 0.348 e. The summed E-state index contributed by atoms with van der Waals surface area (Å²) in [5, 5.41) is 3.38. The predicted molar refractivity (Wildman–Crippen MR) is 118 cm³/mol. The number of nitrogens with zero attached hydrogens (tertiary/aromatic N) is 1. The second kappa shape index (κ2) is 8.36. The highest BCUT2D eigenvalue weighted by atomic mass is 35.5. The number of carbonyl (C=O) groups is 1. The van der Waals surface area contributed by atoms with Crippen LogP contribution in [0.1, 0.15) is 48.6 Å². The highest BCUT2D eigenvalue weighted by Crippen LogP contribution is 2.29. The Morgan fingerprint density at radius 2 is 1.79 bits per heavy atom. The van der Waals surface area contributed by atoms with Crippen molar-refractivity contribution in [2.24, 2.45) is 0 Å². The molecule has 1 aliphatic rings. The summed E-state index contributed by atoms with van der Waals surface area (Å²) in [7, 11) is -3.70. The van der Waals surface area contributed by atoms with Gasteiger partial charge < -0.3 is 5.32 Å². The summed E-state index contributed by atoms with van der Waals surface area (Å²) in [4.78, 5) is 13.0. The molecule has 5 nitrogen and oxygen atoms in total. The molecule has 1 N–H and O–H groups in total. The fourth-order valence-electron chi connectivity index (χ4n) is 3.88. The highest BCUT2D eigenvalue weighted by Gasteiger charge is 2.31. The van der Waals surface area contributed by atoms with Crippen molar-refractivity contribution in [2.45, 2.75) is 52.1 Å². The Hall–Kier alpha value is -2.05. The number of halogens is 1. The first-order valence-corrected chi connectivity index (χ1v) is 12.0. The number of nitrogens with one attached hydrogen (secondary N) is 1. The fourth-order valence-corrected chi connectivity index (χ4v) is 5.27. The monoisotopic (exact) mass is 434 g/mol. The van der Waals surface area contributed by atoms with E-state index in [0.29, 0.717) is 10.7 Å². The van der Waals surface area contributed by atoms with Crippen LogP contribution < -0.4 is 9.62 Å². The van der Waals surface area contributed by atoms with Crippen molar-refractivity contribution >= 4 is 33.2 Å². The molecule has 0 heterocycles. The van der Waals surface area contributed by atoms with Gasteiger partial charge in [-0.2, -0.15) is 0 Å². The highest BCUT2D eigenvalue weighted by molar-refractivity contribution is 7.92. The second-order valence-corrected chi connectivity index (χ2v) is 10.1. The maximum absolute atomic E-state index is 13.0. The van der Waals surface area contributed by atoms with Gasteiger partial charge in [0.2, 0.25) is 15.9 Å². The Bertz CT molecular complexity index is 1040. The lowest BCUT2D eigenvalue weighted by Crippen LogP contribution is -2.48. The molecule has 1 amide bonds. The molecule has 0 spiro atoms. The number of rotatable bonds is 6. The summed E-state index contributed by atoms with van der Waals surface area (Å²) in [5.41, 5.74) is 4.87. The van der Waals surface area contributed by atoms with Crippen LogP contribution in [-0.2, 0) is 27.7 Å². The first kappa shape index (κ1) is 21.7. The van der Waals surface area contributed by atoms with E-state index < -0.39 is 16.1 Å². The van der Waals surface area contributed by atoms with E-state index >= 15 is 0 Å². The quantitative estimate of drug-likeness (QED) is 0.741. The topological polar surface area (TPSA) is 66.5 Å². The maximum atomic E-state index is 13.0. The van der Waals surface area contributed by atoms with E-state index in [2.05, 4.69) is 17.4 Å². The van der Waals surface area contributed by atoms with E-state index in [9.17, 15) is 13.2 Å². The van der Waals surface area contributed by atoms with Gasteiger partial charge in [-0.15, -0.1) is 0 Å². The minimum Gasteiger partial charge on any atom is -0.348 e. The first-order valence-electron chi connectivity index (χ1n) is 9.75. The van der Waals surface area contributed by atoms with Gasteiger partial charge in [-0.1, -0.05) is 35.9 Å². The summed E-state index contributed by atoms with van der Waals surface area (Å²) in [6, 6.07) is 10.2. The summed E-state index contributed by atoms with van der Waals surface area (Å²) < 4.78 is 26.2. The van der Waals surface area contributed by atoms with E-state index in [0.717, 1.165) is 34.5 Å². The normalized spacial score (nSPS) is 15.5. The molecule has 0 saturated heterocycles. The zero-order valence-electron chi connectivity index (χ0n) is 17.2. The summed E-state index contributed by atoms with van der Waals surface area (Å²) in [6.45, 7) is 5.30. The smallest absolute Gasteiger partial charge is 0.244 e. The van der Waals surface area contributed by atoms with Crippen molar-refractivity contribution in [1.29, 1.82) is 0 Å². The zero-order chi connectivity index (χ0) is 21.3. The Kier molecular flexibility index (Phi) is 6.24. The van der Waals surface area contributed by atoms with Crippen LogP contribution in [0.5, 0.6) is 0 Å². The third kappa shape index (κ3) is 4.75. The molecule has 2 aromatic carbocycles. The average Bonchev–Trinajstić information content (AvgIpc) is 3.11. The number of aryl methyl sites for hydroxylation is 3. The lowest BCUT2D eigenvalue weighted by molar-refractivity contribution is -0.122. The van der Waals surface area contributed by atoms with Crippen LogP contribution in [0.25, 0.3) is 0 Å². The van der Waals surface area contributed by atoms with Gasteiger partial charge in [0.15, 0.2) is 0 Å². The van der Waals surface area contributed by atoms with Gasteiger partial charge >= 0.3 is 0 Å². The van der Waals surface area contributed by atoms with E-state index in [-0.39, 0.29) is 11.9 Å². The van der Waals surface area contributed by atoms with Gasteiger partial charge in [-0.25, -0.2) is 8.42 Å². The van der Waals surface area contributed by atoms with E-state index in [1.165, 1.54) is 17.5 Å². The molecule has 0 unspecified atom stereocenters. The van der Waals surface area contributed by atoms with E-state index in [4.69, 9.17) is 11.6 Å². The number of hydrogen-bond acceptors (Lipinski definition) is 3. The molecule has 0 radical (unpaired) electrons. The Morgan fingerprint density at radius 1 is 1.10 bits per heavy atom. The molecular formula is C22H27ClN2O3S. The van der Waals surface area contributed by atoms with Crippen molar-refractivity contribution in [1.82, 2.24) is 5.32 Å². The van der Waals surface area contributed by atoms with Crippen LogP contribution in [0, 0.1) is 6.92 Å². The standard InChI is InChI=1S/C22H27ClN2O3S/c1-14-8-11-20(23)13-21(14)25(29(4,27)28)16(3)22(26)24-15(2)18-10-9-17-6-5-7-19(17)12-18/h8-13,15-16H,5-7H2,1-4H3,(H,24,26)/t15-,16+/m0/s1. The first-order chi connectivity index (χ1) is 13.6. The van der Waals surface area contributed by atoms with Crippen molar-refractivity contribution in [3.63, 3.8) is 0 Å². The minimum atomic E-state index is -3.70. The maximum Gasteiger partial charge on any atom is 0.244 e. The van der Waals surface area contributed by atoms with Crippen LogP contribution in [0.3, 0.4) is 0 Å². The molecule has 0 saturated carbocycles. The van der Waals surface area contributed by atoms with Gasteiger partial charge in [-0.05, 0) is 74.4 Å². The number of sulfonamides is 1. The summed E-state index contributed by atoms with van der Waals surface area (Å²) in [6.07, 6.45) is 4.44. The second-order valence-electron chi connectivity index (χ2n) is 7.78. The Labute approximate surface area is 178 Å². The third-order valence-corrected chi connectivity index (χ3v) is 6.94. The van der Waals surface area contributed by atoms with Crippen molar-refractivity contribution in [3.05, 3.63) is 63.7 Å². The predicted octanol–water partition coefficient (Wildman–Crippen LogP) is 4.17. The van der Waals surface area contributed by atoms with Crippen LogP contribution in [-0.4, -0.2) is 26.6 Å². The molecule has 0 bridgehead atoms. The molecule has 0 aromatic heterocycles. The molecule has 2 aromatic rings. The Morgan fingerprint density at radius 3 is 2.48 bits per heavy atom. The van der Waals surface area contributed by atoms with Gasteiger partial charge in [0.1, 0.15) is 6.04 Å². The molecule has 29 heavy (non-hydrogen) atoms. The number of carbonyl (C=O) groups excluding carboxylic acids is 1. The number of hydrogen-bond donors (Lipinski definition) is 1. The zero-order valence-corrected chi connectivity index (χ0v) is 18.8. The molecular weight excluding hydrogens is 408 g/mol. The summed E-state index contributed by atoms with van der Waals surface area (Å²) >= 11 is 6.08.